The van der Waals surface area contributed by atoms with Gasteiger partial charge >= 0.3 is 0 Å². The lowest BCUT2D eigenvalue weighted by Crippen LogP contribution is -1.95. The molecule has 0 saturated heterocycles. The van der Waals surface area contributed by atoms with Crippen molar-refractivity contribution in [1.82, 2.24) is 15.0 Å². The van der Waals surface area contributed by atoms with Crippen molar-refractivity contribution in [3.63, 3.8) is 0 Å². The highest BCUT2D eigenvalue weighted by Crippen LogP contribution is 2.35. The summed E-state index contributed by atoms with van der Waals surface area (Å²) in [6.45, 7) is 0. The zero-order chi connectivity index (χ0) is 17.1. The van der Waals surface area contributed by atoms with Crippen molar-refractivity contribution in [3.8, 4) is 39.5 Å². The first-order valence-electron chi connectivity index (χ1n) is 7.94. The van der Waals surface area contributed by atoms with Crippen LogP contribution in [0, 0.1) is 0 Å². The molecule has 25 heavy (non-hydrogen) atoms. The van der Waals surface area contributed by atoms with Crippen LogP contribution < -0.4 is 0 Å². The minimum absolute atomic E-state index is 0.158. The Hall–Kier alpha value is -3.53. The summed E-state index contributed by atoms with van der Waals surface area (Å²) < 4.78 is 0. The van der Waals surface area contributed by atoms with Gasteiger partial charge in [0.25, 0.3) is 0 Å². The molecule has 0 atom stereocenters. The highest BCUT2D eigenvalue weighted by Gasteiger charge is 2.15. The molecule has 120 valence electrons. The van der Waals surface area contributed by atoms with Crippen LogP contribution in [-0.2, 0) is 0 Å². The molecule has 3 heterocycles. The van der Waals surface area contributed by atoms with Crippen LogP contribution in [0.25, 0.3) is 33.8 Å². The molecule has 0 aliphatic carbocycles. The molecule has 0 unspecified atom stereocenters. The average Bonchev–Trinajstić information content (AvgIpc) is 2.69. The van der Waals surface area contributed by atoms with Crippen LogP contribution >= 0.6 is 0 Å². The predicted octanol–water partition coefficient (Wildman–Crippen LogP) is 4.58. The van der Waals surface area contributed by atoms with Crippen LogP contribution in [0.1, 0.15) is 0 Å². The van der Waals surface area contributed by atoms with Gasteiger partial charge in [0.05, 0.1) is 17.1 Å². The molecule has 0 aliphatic rings. The van der Waals surface area contributed by atoms with E-state index in [4.69, 9.17) is 0 Å². The van der Waals surface area contributed by atoms with Crippen molar-refractivity contribution < 1.29 is 5.11 Å². The fourth-order valence-electron chi connectivity index (χ4n) is 2.82. The summed E-state index contributed by atoms with van der Waals surface area (Å²) in [5, 5.41) is 9.79. The molecule has 0 amide bonds. The summed E-state index contributed by atoms with van der Waals surface area (Å²) in [4.78, 5) is 13.4. The van der Waals surface area contributed by atoms with E-state index in [1.165, 1.54) is 0 Å². The fraction of sp³-hybridized carbons (Fsp3) is 0. The predicted molar refractivity (Wildman–Crippen MR) is 97.8 cm³/mol. The third-order valence-corrected chi connectivity index (χ3v) is 3.94. The monoisotopic (exact) mass is 325 g/mol. The Balaban J connectivity index is 1.93. The van der Waals surface area contributed by atoms with Crippen molar-refractivity contribution in [2.45, 2.75) is 0 Å². The number of benzene rings is 1. The van der Waals surface area contributed by atoms with Gasteiger partial charge in [-0.2, -0.15) is 0 Å². The van der Waals surface area contributed by atoms with Gasteiger partial charge in [-0.25, -0.2) is 0 Å². The topological polar surface area (TPSA) is 58.9 Å². The van der Waals surface area contributed by atoms with Crippen LogP contribution in [0.5, 0.6) is 5.75 Å². The van der Waals surface area contributed by atoms with Gasteiger partial charge in [-0.05, 0) is 29.8 Å². The first-order valence-corrected chi connectivity index (χ1v) is 7.94. The third kappa shape index (κ3) is 2.97. The van der Waals surface area contributed by atoms with Gasteiger partial charge in [0.1, 0.15) is 5.75 Å². The number of aromatic nitrogens is 3. The van der Waals surface area contributed by atoms with Crippen LogP contribution in [-0.4, -0.2) is 20.1 Å². The van der Waals surface area contributed by atoms with Gasteiger partial charge < -0.3 is 5.11 Å². The quantitative estimate of drug-likeness (QED) is 0.599. The first kappa shape index (κ1) is 15.0. The Labute approximate surface area is 145 Å². The number of hydrogen-bond donors (Lipinski definition) is 1. The number of rotatable bonds is 3. The summed E-state index contributed by atoms with van der Waals surface area (Å²) in [6.07, 6.45) is 5.06. The third-order valence-electron chi connectivity index (χ3n) is 3.94. The molecule has 3 aromatic heterocycles. The van der Waals surface area contributed by atoms with Gasteiger partial charge in [-0.1, -0.05) is 36.4 Å². The van der Waals surface area contributed by atoms with Gasteiger partial charge in [0, 0.05) is 35.8 Å². The van der Waals surface area contributed by atoms with E-state index in [1.807, 2.05) is 42.5 Å². The van der Waals surface area contributed by atoms with E-state index in [0.29, 0.717) is 11.4 Å². The molecule has 0 bridgehead atoms. The summed E-state index contributed by atoms with van der Waals surface area (Å²) in [5.74, 6) is 0.158. The zero-order valence-corrected chi connectivity index (χ0v) is 13.4. The maximum atomic E-state index is 9.79. The molecular formula is C21H15N3O. The molecular weight excluding hydrogens is 310 g/mol. The van der Waals surface area contributed by atoms with Crippen molar-refractivity contribution in [2.75, 3.05) is 0 Å². The lowest BCUT2D eigenvalue weighted by atomic mass is 9.97. The first-order chi connectivity index (χ1) is 12.3. The van der Waals surface area contributed by atoms with E-state index in [-0.39, 0.29) is 5.75 Å². The van der Waals surface area contributed by atoms with Gasteiger partial charge in [0.15, 0.2) is 0 Å². The van der Waals surface area contributed by atoms with Crippen molar-refractivity contribution in [1.29, 1.82) is 0 Å². The smallest absolute Gasteiger partial charge is 0.119 e. The lowest BCUT2D eigenvalue weighted by Gasteiger charge is -2.12. The standard InChI is InChI=1S/C21H15N3O/c25-16-10-13-22-19(14-16)21-18(9-5-12-24-21)20-17(8-4-11-23-20)15-6-2-1-3-7-15/h1-14H,(H,22,25). The van der Waals surface area contributed by atoms with Crippen LogP contribution in [0.15, 0.2) is 85.3 Å². The van der Waals surface area contributed by atoms with Crippen LogP contribution in [0.2, 0.25) is 0 Å². The molecule has 4 rings (SSSR count). The van der Waals surface area contributed by atoms with Crippen molar-refractivity contribution in [3.05, 3.63) is 85.3 Å². The summed E-state index contributed by atoms with van der Waals surface area (Å²) in [6, 6.07) is 21.1. The molecule has 0 aliphatic heterocycles. The second-order valence-electron chi connectivity index (χ2n) is 5.56. The Morgan fingerprint density at radius 3 is 2.08 bits per heavy atom. The molecule has 1 aromatic carbocycles. The SMILES string of the molecule is Oc1ccnc(-c2ncccc2-c2ncccc2-c2ccccc2)c1. The number of aromatic hydroxyl groups is 1. The average molecular weight is 325 g/mol. The molecule has 1 N–H and O–H groups in total. The van der Waals surface area contributed by atoms with Crippen molar-refractivity contribution >= 4 is 0 Å². The van der Waals surface area contributed by atoms with E-state index in [2.05, 4.69) is 27.1 Å². The molecule has 4 nitrogen and oxygen atoms in total. The van der Waals surface area contributed by atoms with Gasteiger partial charge in [-0.3, -0.25) is 15.0 Å². The molecule has 4 aromatic rings. The van der Waals surface area contributed by atoms with E-state index >= 15 is 0 Å². The fourth-order valence-corrected chi connectivity index (χ4v) is 2.82. The second-order valence-corrected chi connectivity index (χ2v) is 5.56. The molecule has 4 heteroatoms. The molecule has 0 fully saturated rings. The van der Waals surface area contributed by atoms with Crippen molar-refractivity contribution in [2.24, 2.45) is 0 Å². The van der Waals surface area contributed by atoms with Gasteiger partial charge in [0.2, 0.25) is 0 Å². The Bertz CT molecular complexity index is 1020. The second kappa shape index (κ2) is 6.53. The van der Waals surface area contributed by atoms with E-state index in [0.717, 1.165) is 22.4 Å². The summed E-state index contributed by atoms with van der Waals surface area (Å²) in [7, 11) is 0. The number of hydrogen-bond acceptors (Lipinski definition) is 4. The largest absolute Gasteiger partial charge is 0.508 e. The van der Waals surface area contributed by atoms with E-state index in [9.17, 15) is 5.11 Å². The van der Waals surface area contributed by atoms with E-state index < -0.39 is 0 Å². The molecule has 0 saturated carbocycles. The summed E-state index contributed by atoms with van der Waals surface area (Å²) in [5.41, 5.74) is 5.12. The maximum Gasteiger partial charge on any atom is 0.119 e. The van der Waals surface area contributed by atoms with Crippen LogP contribution in [0.4, 0.5) is 0 Å². The molecule has 0 radical (unpaired) electrons. The Kier molecular flexibility index (Phi) is 3.92. The normalized spacial score (nSPS) is 10.6. The zero-order valence-electron chi connectivity index (χ0n) is 13.4. The number of nitrogens with zero attached hydrogens (tertiary/aromatic N) is 3. The lowest BCUT2D eigenvalue weighted by molar-refractivity contribution is 0.475. The van der Waals surface area contributed by atoms with E-state index in [1.54, 1.807) is 30.7 Å². The van der Waals surface area contributed by atoms with Crippen LogP contribution in [0.3, 0.4) is 0 Å². The minimum atomic E-state index is 0.158. The molecule has 0 spiro atoms. The van der Waals surface area contributed by atoms with Gasteiger partial charge in [-0.15, -0.1) is 0 Å². The Morgan fingerprint density at radius 2 is 1.32 bits per heavy atom. The highest BCUT2D eigenvalue weighted by atomic mass is 16.3. The summed E-state index contributed by atoms with van der Waals surface area (Å²) >= 11 is 0. The number of pyridine rings is 3. The highest BCUT2D eigenvalue weighted by molar-refractivity contribution is 5.87. The Morgan fingerprint density at radius 1 is 0.600 bits per heavy atom. The minimum Gasteiger partial charge on any atom is -0.508 e. The maximum absolute atomic E-state index is 9.79.